The van der Waals surface area contributed by atoms with E-state index in [1.165, 1.54) is 11.6 Å². The second-order valence-electron chi connectivity index (χ2n) is 6.62. The number of carbonyl (C=O) groups is 1. The molecule has 0 aliphatic carbocycles. The van der Waals surface area contributed by atoms with Crippen LogP contribution in [0.15, 0.2) is 57.9 Å². The summed E-state index contributed by atoms with van der Waals surface area (Å²) in [4.78, 5) is 26.3. The van der Waals surface area contributed by atoms with Gasteiger partial charge in [-0.25, -0.2) is 0 Å². The molecular formula is C19H21BrN2O2. The number of hydrogen-bond donors (Lipinski definition) is 0. The van der Waals surface area contributed by atoms with Gasteiger partial charge >= 0.3 is 0 Å². The Bertz CT molecular complexity index is 787. The smallest absolute Gasteiger partial charge is 0.250 e. The van der Waals surface area contributed by atoms with Gasteiger partial charge in [-0.2, -0.15) is 0 Å². The van der Waals surface area contributed by atoms with E-state index in [1.54, 1.807) is 16.8 Å². The minimum absolute atomic E-state index is 0.0174. The predicted octanol–water partition coefficient (Wildman–Crippen LogP) is 3.19. The number of rotatable bonds is 4. The fourth-order valence-electron chi connectivity index (χ4n) is 3.30. The third kappa shape index (κ3) is 3.61. The van der Waals surface area contributed by atoms with Gasteiger partial charge in [0.25, 0.3) is 5.56 Å². The van der Waals surface area contributed by atoms with E-state index in [-0.39, 0.29) is 16.9 Å². The molecule has 1 aliphatic heterocycles. The number of carbonyl (C=O) groups excluding carboxylic acids is 1. The molecule has 0 radical (unpaired) electrons. The summed E-state index contributed by atoms with van der Waals surface area (Å²) >= 11 is 3.36. The number of likely N-dealkylation sites (tertiary alicyclic amines) is 1. The SMILES string of the molecule is CC1(c2ccccc2)CCN(C(=O)CCn2cc(Br)ccc2=O)C1. The second-order valence-corrected chi connectivity index (χ2v) is 7.54. The highest BCUT2D eigenvalue weighted by Gasteiger charge is 2.36. The average molecular weight is 389 g/mol. The average Bonchev–Trinajstić information content (AvgIpc) is 3.00. The van der Waals surface area contributed by atoms with Crippen molar-refractivity contribution in [1.82, 2.24) is 9.47 Å². The number of nitrogens with zero attached hydrogens (tertiary/aromatic N) is 2. The molecule has 0 N–H and O–H groups in total. The van der Waals surface area contributed by atoms with E-state index in [2.05, 4.69) is 35.0 Å². The van der Waals surface area contributed by atoms with E-state index in [1.807, 2.05) is 23.1 Å². The molecule has 2 heterocycles. The maximum absolute atomic E-state index is 12.5. The first-order chi connectivity index (χ1) is 11.5. The third-order valence-corrected chi connectivity index (χ3v) is 5.28. The Labute approximate surface area is 150 Å². The molecule has 1 atom stereocenters. The van der Waals surface area contributed by atoms with Gasteiger partial charge in [-0.15, -0.1) is 0 Å². The van der Waals surface area contributed by atoms with Crippen molar-refractivity contribution in [3.63, 3.8) is 0 Å². The van der Waals surface area contributed by atoms with Gasteiger partial charge in [0.2, 0.25) is 5.91 Å². The first kappa shape index (κ1) is 17.0. The maximum Gasteiger partial charge on any atom is 0.250 e. The standard InChI is InChI=1S/C19H21BrN2O2/c1-19(15-5-3-2-4-6-15)10-12-22(14-19)18(24)9-11-21-13-16(20)7-8-17(21)23/h2-8,13H,9-12,14H2,1H3. The maximum atomic E-state index is 12.5. The molecule has 3 rings (SSSR count). The highest BCUT2D eigenvalue weighted by atomic mass is 79.9. The first-order valence-corrected chi connectivity index (χ1v) is 8.97. The van der Waals surface area contributed by atoms with Crippen LogP contribution in [0, 0.1) is 0 Å². The van der Waals surface area contributed by atoms with Crippen LogP contribution in [-0.2, 0) is 16.8 Å². The molecule has 126 valence electrons. The van der Waals surface area contributed by atoms with Crippen LogP contribution in [0.4, 0.5) is 0 Å². The van der Waals surface area contributed by atoms with Crippen molar-refractivity contribution < 1.29 is 4.79 Å². The lowest BCUT2D eigenvalue weighted by atomic mass is 9.82. The molecule has 0 saturated carbocycles. The molecule has 1 saturated heterocycles. The Hall–Kier alpha value is -1.88. The summed E-state index contributed by atoms with van der Waals surface area (Å²) in [6.07, 6.45) is 3.05. The Balaban J connectivity index is 1.63. The van der Waals surface area contributed by atoms with Crippen LogP contribution in [0.2, 0.25) is 0 Å². The Kier molecular flexibility index (Phi) is 4.90. The van der Waals surface area contributed by atoms with Crippen molar-refractivity contribution in [3.8, 4) is 0 Å². The first-order valence-electron chi connectivity index (χ1n) is 8.17. The van der Waals surface area contributed by atoms with E-state index in [4.69, 9.17) is 0 Å². The molecule has 2 aromatic rings. The van der Waals surface area contributed by atoms with Crippen molar-refractivity contribution >= 4 is 21.8 Å². The number of hydrogen-bond acceptors (Lipinski definition) is 2. The fourth-order valence-corrected chi connectivity index (χ4v) is 3.68. The fraction of sp³-hybridized carbons (Fsp3) is 0.368. The largest absolute Gasteiger partial charge is 0.342 e. The van der Waals surface area contributed by atoms with Gasteiger partial charge in [0.15, 0.2) is 0 Å². The molecular weight excluding hydrogens is 368 g/mol. The zero-order valence-electron chi connectivity index (χ0n) is 13.7. The van der Waals surface area contributed by atoms with Crippen molar-refractivity contribution in [2.75, 3.05) is 13.1 Å². The lowest BCUT2D eigenvalue weighted by Crippen LogP contribution is -2.34. The highest BCUT2D eigenvalue weighted by molar-refractivity contribution is 9.10. The van der Waals surface area contributed by atoms with E-state index in [0.29, 0.717) is 13.0 Å². The van der Waals surface area contributed by atoms with Gasteiger partial charge in [0.1, 0.15) is 0 Å². The molecule has 4 nitrogen and oxygen atoms in total. The van der Waals surface area contributed by atoms with Crippen molar-refractivity contribution in [2.24, 2.45) is 0 Å². The number of aromatic nitrogens is 1. The molecule has 5 heteroatoms. The van der Waals surface area contributed by atoms with Gasteiger partial charge in [-0.1, -0.05) is 37.3 Å². The molecule has 1 aromatic heterocycles. The van der Waals surface area contributed by atoms with Gasteiger partial charge in [-0.3, -0.25) is 9.59 Å². The molecule has 0 spiro atoms. The summed E-state index contributed by atoms with van der Waals surface area (Å²) in [6.45, 7) is 4.14. The zero-order chi connectivity index (χ0) is 17.2. The molecule has 1 unspecified atom stereocenters. The van der Waals surface area contributed by atoms with Gasteiger partial charge in [0, 0.05) is 48.2 Å². The van der Waals surface area contributed by atoms with Crippen molar-refractivity contribution in [1.29, 1.82) is 0 Å². The van der Waals surface area contributed by atoms with Crippen LogP contribution in [0.3, 0.4) is 0 Å². The quantitative estimate of drug-likeness (QED) is 0.806. The van der Waals surface area contributed by atoms with Gasteiger partial charge in [-0.05, 0) is 34.0 Å². The van der Waals surface area contributed by atoms with Crippen LogP contribution in [0.1, 0.15) is 25.3 Å². The van der Waals surface area contributed by atoms with Crippen LogP contribution in [-0.4, -0.2) is 28.5 Å². The number of halogens is 1. The predicted molar refractivity (Wildman–Crippen MR) is 98.0 cm³/mol. The molecule has 1 aromatic carbocycles. The molecule has 0 bridgehead atoms. The summed E-state index contributed by atoms with van der Waals surface area (Å²) in [7, 11) is 0. The Morgan fingerprint density at radius 3 is 2.71 bits per heavy atom. The third-order valence-electron chi connectivity index (χ3n) is 4.81. The topological polar surface area (TPSA) is 42.3 Å². The van der Waals surface area contributed by atoms with Crippen LogP contribution in [0.25, 0.3) is 0 Å². The number of benzene rings is 1. The highest BCUT2D eigenvalue weighted by Crippen LogP contribution is 2.34. The second kappa shape index (κ2) is 6.93. The molecule has 1 aliphatic rings. The van der Waals surface area contributed by atoms with E-state index in [0.717, 1.165) is 24.0 Å². The molecule has 1 amide bonds. The van der Waals surface area contributed by atoms with Gasteiger partial charge < -0.3 is 9.47 Å². The van der Waals surface area contributed by atoms with E-state index in [9.17, 15) is 9.59 Å². The van der Waals surface area contributed by atoms with Crippen LogP contribution < -0.4 is 5.56 Å². The van der Waals surface area contributed by atoms with Crippen LogP contribution in [0.5, 0.6) is 0 Å². The summed E-state index contributed by atoms with van der Waals surface area (Å²) in [5.41, 5.74) is 1.22. The summed E-state index contributed by atoms with van der Waals surface area (Å²) < 4.78 is 2.42. The Morgan fingerprint density at radius 1 is 1.21 bits per heavy atom. The number of aryl methyl sites for hydroxylation is 1. The summed E-state index contributed by atoms with van der Waals surface area (Å²) in [5, 5.41) is 0. The van der Waals surface area contributed by atoms with Crippen LogP contribution >= 0.6 is 15.9 Å². The monoisotopic (exact) mass is 388 g/mol. The number of pyridine rings is 1. The minimum Gasteiger partial charge on any atom is -0.342 e. The van der Waals surface area contributed by atoms with E-state index >= 15 is 0 Å². The van der Waals surface area contributed by atoms with Crippen molar-refractivity contribution in [3.05, 3.63) is 69.1 Å². The summed E-state index contributed by atoms with van der Waals surface area (Å²) in [6, 6.07) is 13.6. The molecule has 24 heavy (non-hydrogen) atoms. The minimum atomic E-state index is -0.0819. The number of amides is 1. The summed E-state index contributed by atoms with van der Waals surface area (Å²) in [5.74, 6) is 0.113. The Morgan fingerprint density at radius 2 is 1.96 bits per heavy atom. The van der Waals surface area contributed by atoms with Crippen molar-refractivity contribution in [2.45, 2.75) is 31.7 Å². The zero-order valence-corrected chi connectivity index (χ0v) is 15.3. The normalized spacial score (nSPS) is 20.3. The van der Waals surface area contributed by atoms with Gasteiger partial charge in [0.05, 0.1) is 0 Å². The lowest BCUT2D eigenvalue weighted by Gasteiger charge is -2.25. The van der Waals surface area contributed by atoms with E-state index < -0.39 is 0 Å². The molecule has 1 fully saturated rings. The lowest BCUT2D eigenvalue weighted by molar-refractivity contribution is -0.130.